The third-order valence-electron chi connectivity index (χ3n) is 16.1. The van der Waals surface area contributed by atoms with Crippen LogP contribution in [0, 0.1) is 36.5 Å². The topological polar surface area (TPSA) is 247 Å². The third kappa shape index (κ3) is 9.75. The van der Waals surface area contributed by atoms with Gasteiger partial charge >= 0.3 is 0 Å². The second-order valence-electron chi connectivity index (χ2n) is 21.5. The van der Waals surface area contributed by atoms with Crippen LogP contribution < -0.4 is 38.9 Å². The van der Waals surface area contributed by atoms with Crippen LogP contribution in [-0.4, -0.2) is 96.7 Å². The lowest BCUT2D eigenvalue weighted by atomic mass is 9.99. The summed E-state index contributed by atoms with van der Waals surface area (Å²) in [6.07, 6.45) is 10.3. The van der Waals surface area contributed by atoms with Gasteiger partial charge in [0.05, 0.1) is 46.2 Å². The number of hydrogen-bond donors (Lipinski definition) is 2. The number of aryl methyl sites for hydroxylation is 3. The predicted octanol–water partition coefficient (Wildman–Crippen LogP) is 7.65. The molecular formula is C58H60N14O6S2. The minimum absolute atomic E-state index is 0.0190. The van der Waals surface area contributed by atoms with Crippen LogP contribution >= 0.6 is 0 Å². The molecular weight excluding hydrogens is 1050 g/mol. The highest BCUT2D eigenvalue weighted by atomic mass is 32.2. The summed E-state index contributed by atoms with van der Waals surface area (Å²) in [7, 11) is -6.26. The van der Waals surface area contributed by atoms with Gasteiger partial charge in [-0.05, 0) is 113 Å². The number of nitrogens with two attached hydrogens (primary N) is 1. The third-order valence-corrected chi connectivity index (χ3v) is 18.5. The van der Waals surface area contributed by atoms with E-state index in [1.807, 2.05) is 82.1 Å². The fraction of sp³-hybridized carbons (Fsp3) is 0.345. The lowest BCUT2D eigenvalue weighted by Gasteiger charge is -2.43. The lowest BCUT2D eigenvalue weighted by Crippen LogP contribution is -2.54. The minimum atomic E-state index is -4.14. The Bertz CT molecular complexity index is 4050. The molecule has 0 aliphatic carbocycles. The second-order valence-corrected chi connectivity index (χ2v) is 24.8. The number of anilines is 4. The maximum Gasteiger partial charge on any atom is 0.245 e. The molecule has 80 heavy (non-hydrogen) atoms. The molecule has 4 saturated heterocycles. The summed E-state index contributed by atoms with van der Waals surface area (Å²) in [6, 6.07) is 30.2. The predicted molar refractivity (Wildman–Crippen MR) is 303 cm³/mol. The molecule has 4 unspecified atom stereocenters. The number of piperazine rings is 2. The standard InChI is InChI=1S/C58H60N14O6S2/c1-35-18-45(37(3)77-55-10-6-8-12-57(55)79(61,73)74)47-22-54(52(25-60)65-49(47)20-35)69-31-41-16-17-42(32-69)72(41)44-27-63-70(33-44)34-64-80(75,76)58-13-9-7-11-56(58)78-38(4)46-19-36(2)21-50-48(46)23-53(51(24-59)66-50)68-29-39-14-15-40(30-68)71(39)43-26-62-67(5)28-43/h6-13,18-23,26-28,33,37-42,64H,14-17,29-32,34H2,1-5H3,(H2,61,73,74)/t37-,38+,39?,40?,41?,42?/m1/s1. The van der Waals surface area contributed by atoms with Crippen molar-refractivity contribution in [1.82, 2.24) is 34.3 Å². The van der Waals surface area contributed by atoms with Gasteiger partial charge in [-0.25, -0.2) is 31.9 Å². The van der Waals surface area contributed by atoms with Gasteiger partial charge in [0.25, 0.3) is 0 Å². The van der Waals surface area contributed by atoms with Crippen molar-refractivity contribution in [2.45, 2.75) is 106 Å². The number of hydrogen-bond acceptors (Lipinski definition) is 16. The Morgan fingerprint density at radius 1 is 0.650 bits per heavy atom. The van der Waals surface area contributed by atoms with E-state index in [2.05, 4.69) is 58.9 Å². The van der Waals surface area contributed by atoms with Crippen LogP contribution in [0.3, 0.4) is 0 Å². The number of primary sulfonamides is 1. The Morgan fingerprint density at radius 2 is 1.10 bits per heavy atom. The lowest BCUT2D eigenvalue weighted by molar-refractivity contribution is 0.222. The summed E-state index contributed by atoms with van der Waals surface area (Å²) in [4.78, 5) is 18.9. The number of fused-ring (bicyclic) bond motifs is 6. The normalized spacial score (nSPS) is 19.8. The van der Waals surface area contributed by atoms with Crippen molar-refractivity contribution in [1.29, 1.82) is 10.5 Å². The average Bonchev–Trinajstić information content (AvgIpc) is 4.23. The van der Waals surface area contributed by atoms with Gasteiger partial charge in [0.1, 0.15) is 52.3 Å². The molecule has 4 aromatic carbocycles. The highest BCUT2D eigenvalue weighted by molar-refractivity contribution is 7.89. The van der Waals surface area contributed by atoms with Crippen molar-refractivity contribution >= 4 is 64.6 Å². The number of para-hydroxylation sites is 2. The van der Waals surface area contributed by atoms with Gasteiger partial charge in [0.15, 0.2) is 11.4 Å². The zero-order valence-electron chi connectivity index (χ0n) is 44.9. The van der Waals surface area contributed by atoms with Gasteiger partial charge in [-0.15, -0.1) is 0 Å². The first kappa shape index (κ1) is 52.4. The molecule has 4 aromatic heterocycles. The number of benzene rings is 4. The summed E-state index contributed by atoms with van der Waals surface area (Å²) in [5, 5.41) is 37.0. The van der Waals surface area contributed by atoms with Crippen molar-refractivity contribution in [3.8, 4) is 23.6 Å². The van der Waals surface area contributed by atoms with Crippen LogP contribution in [0.1, 0.15) is 85.4 Å². The first-order chi connectivity index (χ1) is 38.4. The molecule has 0 saturated carbocycles. The molecule has 410 valence electrons. The van der Waals surface area contributed by atoms with Crippen LogP contribution in [0.25, 0.3) is 21.8 Å². The molecule has 4 aliphatic heterocycles. The van der Waals surface area contributed by atoms with Crippen LogP contribution in [0.15, 0.2) is 120 Å². The van der Waals surface area contributed by atoms with E-state index >= 15 is 0 Å². The van der Waals surface area contributed by atoms with Gasteiger partial charge < -0.3 is 29.1 Å². The molecule has 8 heterocycles. The Labute approximate surface area is 464 Å². The molecule has 4 aliphatic rings. The fourth-order valence-corrected chi connectivity index (χ4v) is 14.4. The highest BCUT2D eigenvalue weighted by Gasteiger charge is 2.43. The zero-order chi connectivity index (χ0) is 55.8. The smallest absolute Gasteiger partial charge is 0.245 e. The Morgan fingerprint density at radius 3 is 1.56 bits per heavy atom. The molecule has 3 N–H and O–H groups in total. The summed E-state index contributed by atoms with van der Waals surface area (Å²) in [6.45, 7) is 10.2. The van der Waals surface area contributed by atoms with Gasteiger partial charge in [0, 0.05) is 91.7 Å². The molecule has 6 atom stereocenters. The zero-order valence-corrected chi connectivity index (χ0v) is 46.6. The number of pyridine rings is 2. The summed E-state index contributed by atoms with van der Waals surface area (Å²) >= 11 is 0. The quantitative estimate of drug-likeness (QED) is 0.100. The van der Waals surface area contributed by atoms with Gasteiger partial charge in [-0.1, -0.05) is 36.4 Å². The molecule has 12 rings (SSSR count). The monoisotopic (exact) mass is 1110 g/mol. The van der Waals surface area contributed by atoms with Crippen molar-refractivity contribution in [3.05, 3.63) is 143 Å². The average molecular weight is 1110 g/mol. The number of nitriles is 2. The number of ether oxygens (including phenoxy) is 2. The Balaban J connectivity index is 0.737. The van der Waals surface area contributed by atoms with Crippen LogP contribution in [0.5, 0.6) is 11.5 Å². The van der Waals surface area contributed by atoms with Crippen LogP contribution in [-0.2, 0) is 33.8 Å². The maximum absolute atomic E-state index is 14.2. The molecule has 4 bridgehead atoms. The summed E-state index contributed by atoms with van der Waals surface area (Å²) in [5.74, 6) is 0.324. The molecule has 22 heteroatoms. The summed E-state index contributed by atoms with van der Waals surface area (Å²) in [5.41, 5.74) is 8.84. The SMILES string of the molecule is Cc1cc([C@H](C)Oc2ccccc2S(=O)(=O)NCn2cc(N3C4CCC3CN(c3cc5c([C@@H](C)Oc6ccccc6S(N)(=O)=O)cc(C)cc5nc3C#N)C4)cn2)c2cc(N3CC4CCC(C3)N4c3cnn(C)c3)c(C#N)nc2c1. The summed E-state index contributed by atoms with van der Waals surface area (Å²) < 4.78 is 72.4. The Kier molecular flexibility index (Phi) is 13.4. The van der Waals surface area contributed by atoms with E-state index < -0.39 is 32.3 Å². The van der Waals surface area contributed by atoms with E-state index in [1.165, 1.54) is 12.1 Å². The minimum Gasteiger partial charge on any atom is -0.485 e. The van der Waals surface area contributed by atoms with Gasteiger partial charge in [-0.2, -0.15) is 25.4 Å². The highest BCUT2D eigenvalue weighted by Crippen LogP contribution is 2.42. The first-order valence-electron chi connectivity index (χ1n) is 26.7. The molecule has 0 amide bonds. The first-order valence-corrected chi connectivity index (χ1v) is 29.8. The Hall–Kier alpha value is -8.28. The van der Waals surface area contributed by atoms with Crippen molar-refractivity contribution in [2.24, 2.45) is 12.2 Å². The van der Waals surface area contributed by atoms with Crippen molar-refractivity contribution in [3.63, 3.8) is 0 Å². The van der Waals surface area contributed by atoms with E-state index in [9.17, 15) is 27.4 Å². The van der Waals surface area contributed by atoms with E-state index in [0.29, 0.717) is 41.2 Å². The largest absolute Gasteiger partial charge is 0.485 e. The number of rotatable bonds is 15. The number of nitrogens with zero attached hydrogens (tertiary/aromatic N) is 12. The van der Waals surface area contributed by atoms with Crippen LogP contribution in [0.2, 0.25) is 0 Å². The molecule has 0 radical (unpaired) electrons. The van der Waals surface area contributed by atoms with E-state index in [0.717, 1.165) is 88.9 Å². The van der Waals surface area contributed by atoms with Gasteiger partial charge in [0.2, 0.25) is 20.0 Å². The maximum atomic E-state index is 14.2. The molecule has 20 nitrogen and oxygen atoms in total. The molecule has 4 fully saturated rings. The fourth-order valence-electron chi connectivity index (χ4n) is 12.6. The van der Waals surface area contributed by atoms with E-state index in [-0.39, 0.29) is 52.1 Å². The van der Waals surface area contributed by atoms with Gasteiger partial charge in [-0.3, -0.25) is 9.36 Å². The molecule has 0 spiro atoms. The van der Waals surface area contributed by atoms with Crippen LogP contribution in [0.4, 0.5) is 22.7 Å². The second kappa shape index (κ2) is 20.4. The van der Waals surface area contributed by atoms with Crippen molar-refractivity contribution < 1.29 is 26.3 Å². The van der Waals surface area contributed by atoms with Crippen molar-refractivity contribution in [2.75, 3.05) is 45.8 Å². The number of aromatic nitrogens is 6. The van der Waals surface area contributed by atoms with E-state index in [4.69, 9.17) is 24.6 Å². The number of nitrogens with one attached hydrogen (secondary N) is 1. The van der Waals surface area contributed by atoms with E-state index in [1.54, 1.807) is 47.3 Å². The molecule has 8 aromatic rings. The number of sulfonamides is 2.